The van der Waals surface area contributed by atoms with Crippen LogP contribution in [0, 0.1) is 0 Å². The summed E-state index contributed by atoms with van der Waals surface area (Å²) < 4.78 is 9.21. The van der Waals surface area contributed by atoms with Crippen LogP contribution in [-0.4, -0.2) is 50.7 Å². The first-order valence-corrected chi connectivity index (χ1v) is 4.56. The number of rotatable bonds is 5. The lowest BCUT2D eigenvalue weighted by Gasteiger charge is -2.18. The number of methoxy groups -OCH3 is 1. The van der Waals surface area contributed by atoms with Crippen molar-refractivity contribution in [3.63, 3.8) is 0 Å². The van der Waals surface area contributed by atoms with Gasteiger partial charge in [-0.1, -0.05) is 0 Å². The molecule has 0 radical (unpaired) electrons. The number of hydrogen-bond donors (Lipinski definition) is 0. The van der Waals surface area contributed by atoms with Crippen molar-refractivity contribution in [2.75, 3.05) is 27.8 Å². The van der Waals surface area contributed by atoms with Crippen LogP contribution in [0.25, 0.3) is 0 Å². The number of likely N-dealkylation sites (N-methyl/N-ethyl adjacent to an activating group) is 1. The lowest BCUT2D eigenvalue weighted by molar-refractivity contribution is -0.140. The van der Waals surface area contributed by atoms with Crippen LogP contribution >= 0.6 is 12.4 Å². The molecule has 6 heteroatoms. The van der Waals surface area contributed by atoms with E-state index < -0.39 is 11.9 Å². The summed E-state index contributed by atoms with van der Waals surface area (Å²) in [5.41, 5.74) is 0. The van der Waals surface area contributed by atoms with Gasteiger partial charge < -0.3 is 14.4 Å². The number of nitrogens with zero attached hydrogens (tertiary/aromatic N) is 1. The second-order valence-corrected chi connectivity index (χ2v) is 3.30. The van der Waals surface area contributed by atoms with Crippen molar-refractivity contribution in [1.82, 2.24) is 4.90 Å². The van der Waals surface area contributed by atoms with Crippen molar-refractivity contribution in [3.8, 4) is 0 Å². The van der Waals surface area contributed by atoms with Crippen LogP contribution in [0.2, 0.25) is 0 Å². The third-order valence-corrected chi connectivity index (χ3v) is 1.91. The zero-order chi connectivity index (χ0) is 11.8. The molecule has 0 heterocycles. The minimum absolute atomic E-state index is 0. The summed E-state index contributed by atoms with van der Waals surface area (Å²) in [4.78, 5) is 23.6. The summed E-state index contributed by atoms with van der Waals surface area (Å²) in [6.07, 6.45) is 2.08. The Bertz CT molecular complexity index is 253. The first-order chi connectivity index (χ1) is 6.97. The van der Waals surface area contributed by atoms with Gasteiger partial charge in [-0.25, -0.2) is 9.59 Å². The van der Waals surface area contributed by atoms with Crippen LogP contribution in [0.15, 0.2) is 12.2 Å². The highest BCUT2D eigenvalue weighted by molar-refractivity contribution is 5.91. The molecule has 0 aliphatic rings. The standard InChI is InChI=1S/C10H17NO4.ClH/c1-8(11(2)3)7-15-10(13)6-5-9(12)14-4;/h5-6,8H,7H2,1-4H3;1H. The molecule has 5 nitrogen and oxygen atoms in total. The van der Waals surface area contributed by atoms with E-state index in [0.29, 0.717) is 0 Å². The summed E-state index contributed by atoms with van der Waals surface area (Å²) in [6, 6.07) is 0.139. The van der Waals surface area contributed by atoms with E-state index in [0.717, 1.165) is 12.2 Å². The Morgan fingerprint density at radius 2 is 1.75 bits per heavy atom. The summed E-state index contributed by atoms with van der Waals surface area (Å²) in [6.45, 7) is 2.22. The quantitative estimate of drug-likeness (QED) is 0.530. The molecule has 0 aromatic carbocycles. The Labute approximate surface area is 102 Å². The first kappa shape index (κ1) is 17.3. The SMILES string of the molecule is COC(=O)C=CC(=O)OCC(C)N(C)C.Cl. The molecule has 1 atom stereocenters. The normalized spacial score (nSPS) is 12.1. The lowest BCUT2D eigenvalue weighted by atomic mass is 10.3. The third-order valence-electron chi connectivity index (χ3n) is 1.91. The van der Waals surface area contributed by atoms with Gasteiger partial charge in [-0.05, 0) is 21.0 Å². The molecule has 0 aliphatic carbocycles. The van der Waals surface area contributed by atoms with E-state index in [2.05, 4.69) is 4.74 Å². The van der Waals surface area contributed by atoms with Gasteiger partial charge in [0.15, 0.2) is 0 Å². The molecule has 0 spiro atoms. The van der Waals surface area contributed by atoms with E-state index in [1.165, 1.54) is 7.11 Å². The monoisotopic (exact) mass is 251 g/mol. The molecular weight excluding hydrogens is 234 g/mol. The Kier molecular flexibility index (Phi) is 9.94. The third kappa shape index (κ3) is 8.26. The van der Waals surface area contributed by atoms with Crippen molar-refractivity contribution in [2.24, 2.45) is 0 Å². The van der Waals surface area contributed by atoms with Crippen LogP contribution in [0.5, 0.6) is 0 Å². The van der Waals surface area contributed by atoms with Crippen LogP contribution in [0.3, 0.4) is 0 Å². The van der Waals surface area contributed by atoms with Crippen molar-refractivity contribution >= 4 is 24.3 Å². The van der Waals surface area contributed by atoms with Crippen LogP contribution in [0.1, 0.15) is 6.92 Å². The fourth-order valence-electron chi connectivity index (χ4n) is 0.604. The zero-order valence-electron chi connectivity index (χ0n) is 9.93. The summed E-state index contributed by atoms with van der Waals surface area (Å²) >= 11 is 0. The molecule has 0 saturated carbocycles. The van der Waals surface area contributed by atoms with Gasteiger partial charge in [0.25, 0.3) is 0 Å². The maximum atomic E-state index is 11.1. The molecule has 0 rings (SSSR count). The predicted octanol–water partition coefficient (Wildman–Crippen LogP) is 0.631. The minimum Gasteiger partial charge on any atom is -0.466 e. The van der Waals surface area contributed by atoms with E-state index in [-0.39, 0.29) is 25.1 Å². The van der Waals surface area contributed by atoms with Crippen LogP contribution in [0.4, 0.5) is 0 Å². The molecule has 1 unspecified atom stereocenters. The molecule has 0 aliphatic heterocycles. The smallest absolute Gasteiger partial charge is 0.331 e. The lowest BCUT2D eigenvalue weighted by Crippen LogP contribution is -2.30. The van der Waals surface area contributed by atoms with Gasteiger partial charge in [-0.3, -0.25) is 0 Å². The van der Waals surface area contributed by atoms with Gasteiger partial charge >= 0.3 is 11.9 Å². The van der Waals surface area contributed by atoms with Crippen LogP contribution < -0.4 is 0 Å². The number of carbonyl (C=O) groups excluding carboxylic acids is 2. The Hall–Kier alpha value is -1.07. The second-order valence-electron chi connectivity index (χ2n) is 3.30. The van der Waals surface area contributed by atoms with E-state index in [9.17, 15) is 9.59 Å². The average Bonchev–Trinajstić information content (AvgIpc) is 2.21. The van der Waals surface area contributed by atoms with Crippen molar-refractivity contribution in [1.29, 1.82) is 0 Å². The maximum absolute atomic E-state index is 11.1. The molecule has 0 fully saturated rings. The molecule has 0 aromatic rings. The highest BCUT2D eigenvalue weighted by Crippen LogP contribution is 1.93. The topological polar surface area (TPSA) is 55.8 Å². The Morgan fingerprint density at radius 3 is 2.19 bits per heavy atom. The summed E-state index contributed by atoms with van der Waals surface area (Å²) in [5.74, 6) is -1.12. The molecule has 0 bridgehead atoms. The molecule has 0 aromatic heterocycles. The molecule has 0 N–H and O–H groups in total. The Morgan fingerprint density at radius 1 is 1.25 bits per heavy atom. The number of carbonyl (C=O) groups is 2. The number of halogens is 1. The van der Waals surface area contributed by atoms with Crippen LogP contribution in [-0.2, 0) is 19.1 Å². The maximum Gasteiger partial charge on any atom is 0.331 e. The van der Waals surface area contributed by atoms with Gasteiger partial charge in [-0.15, -0.1) is 12.4 Å². The summed E-state index contributed by atoms with van der Waals surface area (Å²) in [5, 5.41) is 0. The van der Waals surface area contributed by atoms with E-state index in [4.69, 9.17) is 4.74 Å². The van der Waals surface area contributed by atoms with E-state index in [1.54, 1.807) is 0 Å². The fourth-order valence-corrected chi connectivity index (χ4v) is 0.604. The van der Waals surface area contributed by atoms with Gasteiger partial charge in [-0.2, -0.15) is 0 Å². The Balaban J connectivity index is 0. The fraction of sp³-hybridized carbons (Fsp3) is 0.600. The minimum atomic E-state index is -0.576. The highest BCUT2D eigenvalue weighted by Gasteiger charge is 2.06. The van der Waals surface area contributed by atoms with Crippen molar-refractivity contribution < 1.29 is 19.1 Å². The van der Waals surface area contributed by atoms with Gasteiger partial charge in [0.05, 0.1) is 7.11 Å². The van der Waals surface area contributed by atoms with Crippen molar-refractivity contribution in [2.45, 2.75) is 13.0 Å². The van der Waals surface area contributed by atoms with Gasteiger partial charge in [0, 0.05) is 18.2 Å². The number of hydrogen-bond acceptors (Lipinski definition) is 5. The number of esters is 2. The van der Waals surface area contributed by atoms with Crippen molar-refractivity contribution in [3.05, 3.63) is 12.2 Å². The average molecular weight is 252 g/mol. The zero-order valence-corrected chi connectivity index (χ0v) is 10.7. The molecule has 0 amide bonds. The molecular formula is C10H18ClNO4. The van der Waals surface area contributed by atoms with E-state index >= 15 is 0 Å². The molecule has 0 saturated heterocycles. The predicted molar refractivity (Wildman–Crippen MR) is 62.5 cm³/mol. The van der Waals surface area contributed by atoms with E-state index in [1.807, 2.05) is 25.9 Å². The largest absolute Gasteiger partial charge is 0.466 e. The van der Waals surface area contributed by atoms with Gasteiger partial charge in [0.2, 0.25) is 0 Å². The number of ether oxygens (including phenoxy) is 2. The first-order valence-electron chi connectivity index (χ1n) is 4.56. The molecule has 94 valence electrons. The molecule has 16 heavy (non-hydrogen) atoms. The second kappa shape index (κ2) is 9.18. The summed E-state index contributed by atoms with van der Waals surface area (Å²) in [7, 11) is 5.03. The van der Waals surface area contributed by atoms with Gasteiger partial charge in [0.1, 0.15) is 6.61 Å². The highest BCUT2D eigenvalue weighted by atomic mass is 35.5.